The summed E-state index contributed by atoms with van der Waals surface area (Å²) in [5, 5.41) is 3.47. The van der Waals surface area contributed by atoms with Crippen molar-refractivity contribution in [2.45, 2.75) is 32.2 Å². The van der Waals surface area contributed by atoms with Gasteiger partial charge in [-0.3, -0.25) is 0 Å². The summed E-state index contributed by atoms with van der Waals surface area (Å²) in [6.07, 6.45) is 5.23. The molecule has 0 fully saturated rings. The van der Waals surface area contributed by atoms with Crippen LogP contribution in [-0.2, 0) is 19.4 Å². The number of para-hydroxylation sites is 1. The summed E-state index contributed by atoms with van der Waals surface area (Å²) >= 11 is 0. The summed E-state index contributed by atoms with van der Waals surface area (Å²) in [5.41, 5.74) is 5.70. The molecule has 0 spiro atoms. The molecule has 0 unspecified atom stereocenters. The summed E-state index contributed by atoms with van der Waals surface area (Å²) in [7, 11) is 0. The second-order valence-electron chi connectivity index (χ2n) is 5.03. The highest BCUT2D eigenvalue weighted by atomic mass is 14.9. The van der Waals surface area contributed by atoms with Crippen molar-refractivity contribution in [2.75, 3.05) is 5.32 Å². The molecule has 3 rings (SSSR count). The average molecular weight is 237 g/mol. The van der Waals surface area contributed by atoms with Gasteiger partial charge in [0.05, 0.1) is 0 Å². The van der Waals surface area contributed by atoms with Crippen molar-refractivity contribution >= 4 is 5.69 Å². The maximum atomic E-state index is 3.47. The smallest absolute Gasteiger partial charge is 0.0400 e. The number of rotatable bonds is 3. The lowest BCUT2D eigenvalue weighted by molar-refractivity contribution is 0.684. The van der Waals surface area contributed by atoms with Gasteiger partial charge in [0.1, 0.15) is 0 Å². The van der Waals surface area contributed by atoms with Crippen molar-refractivity contribution in [1.29, 1.82) is 0 Å². The summed E-state index contributed by atoms with van der Waals surface area (Å²) in [6, 6.07) is 17.4. The molecule has 1 aliphatic rings. The van der Waals surface area contributed by atoms with Crippen LogP contribution in [0.5, 0.6) is 0 Å². The van der Waals surface area contributed by atoms with Crippen molar-refractivity contribution in [3.8, 4) is 0 Å². The van der Waals surface area contributed by atoms with Crippen LogP contribution < -0.4 is 5.32 Å². The zero-order valence-electron chi connectivity index (χ0n) is 10.7. The minimum Gasteiger partial charge on any atom is -0.381 e. The molecule has 1 heteroatoms. The van der Waals surface area contributed by atoms with Crippen LogP contribution in [-0.4, -0.2) is 0 Å². The zero-order valence-corrected chi connectivity index (χ0v) is 10.7. The first kappa shape index (κ1) is 11.3. The lowest BCUT2D eigenvalue weighted by Gasteiger charge is -2.17. The fraction of sp³-hybridized carbons (Fsp3) is 0.294. The minimum absolute atomic E-state index is 0.914. The molecule has 0 aromatic heterocycles. The van der Waals surface area contributed by atoms with E-state index in [2.05, 4.69) is 47.8 Å². The van der Waals surface area contributed by atoms with Gasteiger partial charge in [-0.1, -0.05) is 36.4 Å². The van der Waals surface area contributed by atoms with Crippen LogP contribution in [0.15, 0.2) is 48.5 Å². The van der Waals surface area contributed by atoms with E-state index >= 15 is 0 Å². The molecule has 1 N–H and O–H groups in total. The fourth-order valence-corrected chi connectivity index (χ4v) is 2.66. The first-order valence-corrected chi connectivity index (χ1v) is 6.81. The van der Waals surface area contributed by atoms with Crippen LogP contribution in [0.25, 0.3) is 0 Å². The third-order valence-electron chi connectivity index (χ3n) is 3.68. The van der Waals surface area contributed by atoms with Gasteiger partial charge in [0.15, 0.2) is 0 Å². The number of benzene rings is 2. The van der Waals surface area contributed by atoms with Gasteiger partial charge in [0, 0.05) is 12.2 Å². The molecule has 0 saturated carbocycles. The Morgan fingerprint density at radius 2 is 1.61 bits per heavy atom. The third kappa shape index (κ3) is 2.56. The molecule has 0 radical (unpaired) electrons. The molecule has 0 bridgehead atoms. The van der Waals surface area contributed by atoms with Crippen molar-refractivity contribution in [2.24, 2.45) is 0 Å². The number of anilines is 1. The summed E-state index contributed by atoms with van der Waals surface area (Å²) in [5.74, 6) is 0. The molecule has 92 valence electrons. The largest absolute Gasteiger partial charge is 0.381 e. The zero-order chi connectivity index (χ0) is 12.2. The third-order valence-corrected chi connectivity index (χ3v) is 3.68. The first-order chi connectivity index (χ1) is 8.92. The van der Waals surface area contributed by atoms with E-state index in [0.29, 0.717) is 0 Å². The maximum Gasteiger partial charge on any atom is 0.0400 e. The molecule has 2 aromatic carbocycles. The predicted octanol–water partition coefficient (Wildman–Crippen LogP) is 4.18. The molecular formula is C17H19N. The normalized spacial score (nSPS) is 14.0. The van der Waals surface area contributed by atoms with Crippen molar-refractivity contribution in [3.63, 3.8) is 0 Å². The molecule has 0 amide bonds. The van der Waals surface area contributed by atoms with Crippen molar-refractivity contribution < 1.29 is 0 Å². The molecule has 1 aliphatic carbocycles. The molecule has 18 heavy (non-hydrogen) atoms. The quantitative estimate of drug-likeness (QED) is 0.844. The molecule has 0 saturated heterocycles. The predicted molar refractivity (Wildman–Crippen MR) is 76.9 cm³/mol. The van der Waals surface area contributed by atoms with Crippen LogP contribution in [0.1, 0.15) is 29.5 Å². The number of aryl methyl sites for hydroxylation is 2. The van der Waals surface area contributed by atoms with E-state index in [1.165, 1.54) is 36.9 Å². The summed E-state index contributed by atoms with van der Waals surface area (Å²) < 4.78 is 0. The van der Waals surface area contributed by atoms with Crippen LogP contribution in [0.4, 0.5) is 5.69 Å². The highest BCUT2D eigenvalue weighted by molar-refractivity contribution is 5.44. The minimum atomic E-state index is 0.914. The van der Waals surface area contributed by atoms with E-state index < -0.39 is 0 Å². The van der Waals surface area contributed by atoms with Crippen molar-refractivity contribution in [3.05, 3.63) is 65.2 Å². The van der Waals surface area contributed by atoms with E-state index in [0.717, 1.165) is 6.54 Å². The monoisotopic (exact) mass is 237 g/mol. The van der Waals surface area contributed by atoms with Gasteiger partial charge in [-0.15, -0.1) is 0 Å². The van der Waals surface area contributed by atoms with E-state index in [-0.39, 0.29) is 0 Å². The van der Waals surface area contributed by atoms with Gasteiger partial charge in [0.2, 0.25) is 0 Å². The standard InChI is InChI=1S/C17H19N/c1-2-8-17(9-3-1)18-13-14-10-11-15-6-4-5-7-16(15)12-14/h1-3,8-12,18H,4-7,13H2. The van der Waals surface area contributed by atoms with E-state index in [1.807, 2.05) is 6.07 Å². The van der Waals surface area contributed by atoms with Gasteiger partial charge in [-0.05, 0) is 54.5 Å². The first-order valence-electron chi connectivity index (χ1n) is 6.81. The van der Waals surface area contributed by atoms with Gasteiger partial charge in [0.25, 0.3) is 0 Å². The molecule has 0 atom stereocenters. The summed E-state index contributed by atoms with van der Waals surface area (Å²) in [6.45, 7) is 0.914. The summed E-state index contributed by atoms with van der Waals surface area (Å²) in [4.78, 5) is 0. The highest BCUT2D eigenvalue weighted by Gasteiger charge is 2.09. The maximum absolute atomic E-state index is 3.47. The Morgan fingerprint density at radius 1 is 0.833 bits per heavy atom. The van der Waals surface area contributed by atoms with Gasteiger partial charge in [-0.25, -0.2) is 0 Å². The molecule has 0 aliphatic heterocycles. The van der Waals surface area contributed by atoms with Gasteiger partial charge < -0.3 is 5.32 Å². The number of fused-ring (bicyclic) bond motifs is 1. The number of hydrogen-bond donors (Lipinski definition) is 1. The Morgan fingerprint density at radius 3 is 2.44 bits per heavy atom. The lowest BCUT2D eigenvalue weighted by atomic mass is 9.90. The van der Waals surface area contributed by atoms with Gasteiger partial charge >= 0.3 is 0 Å². The average Bonchev–Trinajstić information content (AvgIpc) is 2.46. The Hall–Kier alpha value is -1.76. The second-order valence-corrected chi connectivity index (χ2v) is 5.03. The Balaban J connectivity index is 1.70. The Labute approximate surface area is 109 Å². The topological polar surface area (TPSA) is 12.0 Å². The number of nitrogens with one attached hydrogen (secondary N) is 1. The molecule has 1 nitrogen and oxygen atoms in total. The molecular weight excluding hydrogens is 218 g/mol. The Bertz CT molecular complexity index is 516. The van der Waals surface area contributed by atoms with Crippen LogP contribution in [0.3, 0.4) is 0 Å². The number of hydrogen-bond acceptors (Lipinski definition) is 1. The van der Waals surface area contributed by atoms with Crippen LogP contribution in [0.2, 0.25) is 0 Å². The van der Waals surface area contributed by atoms with E-state index in [4.69, 9.17) is 0 Å². The van der Waals surface area contributed by atoms with E-state index in [1.54, 1.807) is 11.1 Å². The molecule has 2 aromatic rings. The fourth-order valence-electron chi connectivity index (χ4n) is 2.66. The van der Waals surface area contributed by atoms with E-state index in [9.17, 15) is 0 Å². The van der Waals surface area contributed by atoms with Gasteiger partial charge in [-0.2, -0.15) is 0 Å². The second kappa shape index (κ2) is 5.26. The molecule has 0 heterocycles. The lowest BCUT2D eigenvalue weighted by Crippen LogP contribution is -2.05. The van der Waals surface area contributed by atoms with Crippen LogP contribution in [0, 0.1) is 0 Å². The van der Waals surface area contributed by atoms with Crippen LogP contribution >= 0.6 is 0 Å². The van der Waals surface area contributed by atoms with Crippen molar-refractivity contribution in [1.82, 2.24) is 0 Å². The Kier molecular flexibility index (Phi) is 3.31. The SMILES string of the molecule is c1ccc(NCc2ccc3c(c2)CCCC3)cc1. The highest BCUT2D eigenvalue weighted by Crippen LogP contribution is 2.22.